The van der Waals surface area contributed by atoms with Crippen molar-refractivity contribution in [3.05, 3.63) is 77.4 Å². The summed E-state index contributed by atoms with van der Waals surface area (Å²) in [5.74, 6) is -0.771. The summed E-state index contributed by atoms with van der Waals surface area (Å²) in [5.41, 5.74) is 2.15. The summed E-state index contributed by atoms with van der Waals surface area (Å²) in [6.07, 6.45) is 3.06. The normalized spacial score (nSPS) is 13.2. The standard InChI is InChI=1S/C27H33NO5/c29-18-22-15-21(12-13-25(22)30)26(31)17-28-14-5-1-2-8-20(16-27(32)33)24-11-6-9-19-7-3-4-10-23(19)24/h3-4,6-7,9-13,15,20,26,28-31H,1-2,5,8,14,16-18H2,(H,32,33). The summed E-state index contributed by atoms with van der Waals surface area (Å²) in [6, 6.07) is 18.9. The molecule has 0 heterocycles. The van der Waals surface area contributed by atoms with E-state index in [1.165, 1.54) is 6.07 Å². The van der Waals surface area contributed by atoms with E-state index in [0.29, 0.717) is 17.7 Å². The monoisotopic (exact) mass is 451 g/mol. The van der Waals surface area contributed by atoms with Crippen molar-refractivity contribution in [2.45, 2.75) is 50.7 Å². The molecule has 6 nitrogen and oxygen atoms in total. The number of carboxylic acids is 1. The van der Waals surface area contributed by atoms with Crippen molar-refractivity contribution < 1.29 is 25.2 Å². The summed E-state index contributed by atoms with van der Waals surface area (Å²) >= 11 is 0. The SMILES string of the molecule is O=C(O)CC(CCCCCNCC(O)c1ccc(O)c(CO)c1)c1cccc2ccccc12. The number of aliphatic hydroxyl groups excluding tert-OH is 2. The van der Waals surface area contributed by atoms with Gasteiger partial charge in [0.05, 0.1) is 19.1 Å². The Morgan fingerprint density at radius 3 is 2.55 bits per heavy atom. The first-order valence-electron chi connectivity index (χ1n) is 11.5. The number of phenols is 1. The van der Waals surface area contributed by atoms with Crippen LogP contribution in [0.4, 0.5) is 0 Å². The van der Waals surface area contributed by atoms with E-state index in [-0.39, 0.29) is 24.7 Å². The van der Waals surface area contributed by atoms with Gasteiger partial charge in [-0.1, -0.05) is 61.4 Å². The fourth-order valence-corrected chi connectivity index (χ4v) is 4.30. The van der Waals surface area contributed by atoms with Gasteiger partial charge < -0.3 is 25.7 Å². The third-order valence-electron chi connectivity index (χ3n) is 6.09. The third-order valence-corrected chi connectivity index (χ3v) is 6.09. The predicted octanol–water partition coefficient (Wildman–Crippen LogP) is 4.48. The van der Waals surface area contributed by atoms with Crippen molar-refractivity contribution >= 4 is 16.7 Å². The molecule has 3 rings (SSSR count). The van der Waals surface area contributed by atoms with E-state index in [1.54, 1.807) is 12.1 Å². The Labute approximate surface area is 194 Å². The Hall–Kier alpha value is -2.93. The van der Waals surface area contributed by atoms with Crippen molar-refractivity contribution in [3.8, 4) is 5.75 Å². The molecule has 2 unspecified atom stereocenters. The fourth-order valence-electron chi connectivity index (χ4n) is 4.30. The quantitative estimate of drug-likeness (QED) is 0.245. The highest BCUT2D eigenvalue weighted by molar-refractivity contribution is 5.86. The average Bonchev–Trinajstić information content (AvgIpc) is 2.82. The lowest BCUT2D eigenvalue weighted by molar-refractivity contribution is -0.137. The van der Waals surface area contributed by atoms with Gasteiger partial charge in [-0.05, 0) is 59.3 Å². The number of fused-ring (bicyclic) bond motifs is 1. The summed E-state index contributed by atoms with van der Waals surface area (Å²) in [4.78, 5) is 11.5. The number of rotatable bonds is 13. The van der Waals surface area contributed by atoms with Gasteiger partial charge >= 0.3 is 5.97 Å². The summed E-state index contributed by atoms with van der Waals surface area (Å²) in [7, 11) is 0. The first-order valence-corrected chi connectivity index (χ1v) is 11.5. The van der Waals surface area contributed by atoms with Crippen LogP contribution in [0.1, 0.15) is 60.8 Å². The van der Waals surface area contributed by atoms with Crippen molar-refractivity contribution in [1.82, 2.24) is 5.32 Å². The molecule has 0 aromatic heterocycles. The van der Waals surface area contributed by atoms with E-state index in [4.69, 9.17) is 0 Å². The van der Waals surface area contributed by atoms with Gasteiger partial charge in [0.2, 0.25) is 0 Å². The van der Waals surface area contributed by atoms with Gasteiger partial charge in [0.1, 0.15) is 5.75 Å². The maximum absolute atomic E-state index is 11.5. The highest BCUT2D eigenvalue weighted by atomic mass is 16.4. The van der Waals surface area contributed by atoms with Crippen LogP contribution in [-0.4, -0.2) is 39.5 Å². The van der Waals surface area contributed by atoms with Crippen LogP contribution in [0.25, 0.3) is 10.8 Å². The number of aliphatic hydroxyl groups is 2. The molecule has 0 bridgehead atoms. The van der Waals surface area contributed by atoms with Crippen LogP contribution in [0.15, 0.2) is 60.7 Å². The lowest BCUT2D eigenvalue weighted by Gasteiger charge is -2.18. The fraction of sp³-hybridized carbons (Fsp3) is 0.370. The number of aromatic hydroxyl groups is 1. The maximum Gasteiger partial charge on any atom is 0.303 e. The molecule has 3 aromatic carbocycles. The van der Waals surface area contributed by atoms with Gasteiger partial charge in [0.25, 0.3) is 0 Å². The van der Waals surface area contributed by atoms with E-state index in [9.17, 15) is 25.2 Å². The molecule has 3 aromatic rings. The average molecular weight is 452 g/mol. The molecular weight excluding hydrogens is 418 g/mol. The molecule has 0 saturated heterocycles. The third kappa shape index (κ3) is 7.02. The van der Waals surface area contributed by atoms with E-state index < -0.39 is 12.1 Å². The van der Waals surface area contributed by atoms with Crippen LogP contribution in [0.2, 0.25) is 0 Å². The second kappa shape index (κ2) is 12.3. The van der Waals surface area contributed by atoms with Gasteiger partial charge in [-0.15, -0.1) is 0 Å². The number of nitrogens with one attached hydrogen (secondary N) is 1. The zero-order valence-electron chi connectivity index (χ0n) is 18.8. The molecule has 5 N–H and O–H groups in total. The molecule has 0 saturated carbocycles. The van der Waals surface area contributed by atoms with E-state index in [2.05, 4.69) is 23.5 Å². The molecule has 176 valence electrons. The van der Waals surface area contributed by atoms with Crippen molar-refractivity contribution in [1.29, 1.82) is 0 Å². The Morgan fingerprint density at radius 1 is 0.970 bits per heavy atom. The van der Waals surface area contributed by atoms with Gasteiger partial charge in [-0.3, -0.25) is 4.79 Å². The molecule has 0 aliphatic carbocycles. The van der Waals surface area contributed by atoms with Crippen LogP contribution in [0, 0.1) is 0 Å². The van der Waals surface area contributed by atoms with E-state index in [0.717, 1.165) is 48.6 Å². The van der Waals surface area contributed by atoms with Gasteiger partial charge in [0.15, 0.2) is 0 Å². The molecular formula is C27H33NO5. The summed E-state index contributed by atoms with van der Waals surface area (Å²) < 4.78 is 0. The minimum absolute atomic E-state index is 0.0152. The Morgan fingerprint density at radius 2 is 1.76 bits per heavy atom. The summed E-state index contributed by atoms with van der Waals surface area (Å²) in [6.45, 7) is 0.856. The maximum atomic E-state index is 11.5. The Kier molecular flexibility index (Phi) is 9.24. The minimum Gasteiger partial charge on any atom is -0.508 e. The first kappa shape index (κ1) is 24.7. The lowest BCUT2D eigenvalue weighted by Crippen LogP contribution is -2.22. The van der Waals surface area contributed by atoms with Crippen molar-refractivity contribution in [2.75, 3.05) is 13.1 Å². The second-order valence-corrected chi connectivity index (χ2v) is 8.48. The first-order chi connectivity index (χ1) is 16.0. The second-order valence-electron chi connectivity index (χ2n) is 8.48. The molecule has 6 heteroatoms. The number of hydrogen-bond donors (Lipinski definition) is 5. The molecule has 2 atom stereocenters. The van der Waals surface area contributed by atoms with Crippen LogP contribution in [-0.2, 0) is 11.4 Å². The van der Waals surface area contributed by atoms with Gasteiger partial charge in [0, 0.05) is 12.1 Å². The number of carbonyl (C=O) groups is 1. The molecule has 0 spiro atoms. The summed E-state index contributed by atoms with van der Waals surface area (Å²) in [5, 5.41) is 44.1. The number of benzene rings is 3. The molecule has 0 radical (unpaired) electrons. The zero-order chi connectivity index (χ0) is 23.6. The molecule has 0 aliphatic heterocycles. The van der Waals surface area contributed by atoms with Gasteiger partial charge in [-0.2, -0.15) is 0 Å². The topological polar surface area (TPSA) is 110 Å². The number of hydrogen-bond acceptors (Lipinski definition) is 5. The van der Waals surface area contributed by atoms with Crippen molar-refractivity contribution in [3.63, 3.8) is 0 Å². The van der Waals surface area contributed by atoms with Crippen LogP contribution in [0.3, 0.4) is 0 Å². The number of carboxylic acid groups (broad SMARTS) is 1. The smallest absolute Gasteiger partial charge is 0.303 e. The molecule has 0 amide bonds. The predicted molar refractivity (Wildman–Crippen MR) is 129 cm³/mol. The highest BCUT2D eigenvalue weighted by Gasteiger charge is 2.17. The zero-order valence-corrected chi connectivity index (χ0v) is 18.8. The molecule has 0 aliphatic rings. The Bertz CT molecular complexity index is 1050. The van der Waals surface area contributed by atoms with Crippen LogP contribution >= 0.6 is 0 Å². The van der Waals surface area contributed by atoms with Crippen LogP contribution < -0.4 is 5.32 Å². The van der Waals surface area contributed by atoms with E-state index >= 15 is 0 Å². The number of unbranched alkanes of at least 4 members (excludes halogenated alkanes) is 2. The Balaban J connectivity index is 1.44. The van der Waals surface area contributed by atoms with Gasteiger partial charge in [-0.25, -0.2) is 0 Å². The highest BCUT2D eigenvalue weighted by Crippen LogP contribution is 2.32. The van der Waals surface area contributed by atoms with Crippen LogP contribution in [0.5, 0.6) is 5.75 Å². The largest absolute Gasteiger partial charge is 0.508 e. The number of aliphatic carboxylic acids is 1. The minimum atomic E-state index is -0.776. The van der Waals surface area contributed by atoms with Crippen molar-refractivity contribution in [2.24, 2.45) is 0 Å². The molecule has 0 fully saturated rings. The molecule has 33 heavy (non-hydrogen) atoms. The lowest BCUT2D eigenvalue weighted by atomic mass is 9.87. The van der Waals surface area contributed by atoms with E-state index in [1.807, 2.05) is 24.3 Å².